The van der Waals surface area contributed by atoms with Crippen molar-refractivity contribution < 1.29 is 0 Å². The first-order valence-electron chi connectivity index (χ1n) is 3.67. The molecule has 0 aromatic carbocycles. The number of hydrogen-bond donors (Lipinski definition) is 2. The highest BCUT2D eigenvalue weighted by Gasteiger charge is 2.17. The second kappa shape index (κ2) is 3.23. The highest BCUT2D eigenvalue weighted by molar-refractivity contribution is 5.34. The number of nitrogens with two attached hydrogens (primary N) is 1. The highest BCUT2D eigenvalue weighted by atomic mass is 15.2. The largest absolute Gasteiger partial charge is 0.368 e. The summed E-state index contributed by atoms with van der Waals surface area (Å²) in [5, 5.41) is 11.5. The molecule has 0 amide bonds. The topological polar surface area (TPSA) is 101 Å². The third kappa shape index (κ3) is 2.56. The van der Waals surface area contributed by atoms with E-state index in [1.165, 1.54) is 6.33 Å². The number of nitrogens with zero attached hydrogens (tertiary/aromatic N) is 4. The lowest BCUT2D eigenvalue weighted by molar-refractivity contribution is 0.715. The van der Waals surface area contributed by atoms with Crippen LogP contribution < -0.4 is 11.1 Å². The normalized spacial score (nSPS) is 10.5. The minimum Gasteiger partial charge on any atom is -0.368 e. The van der Waals surface area contributed by atoms with E-state index in [9.17, 15) is 0 Å². The molecule has 6 nitrogen and oxygen atoms in total. The van der Waals surface area contributed by atoms with Gasteiger partial charge in [0.05, 0.1) is 6.07 Å². The molecule has 1 heterocycles. The van der Waals surface area contributed by atoms with Gasteiger partial charge in [-0.1, -0.05) is 0 Å². The molecule has 1 aromatic heterocycles. The molecular formula is C7H10N6. The Bertz CT molecular complexity index is 339. The minimum absolute atomic E-state index is 0.131. The molecule has 6 heteroatoms. The Hall–Kier alpha value is -1.90. The monoisotopic (exact) mass is 178 g/mol. The summed E-state index contributed by atoms with van der Waals surface area (Å²) in [6.07, 6.45) is 1.29. The molecule has 0 bridgehead atoms. The number of anilines is 2. The van der Waals surface area contributed by atoms with E-state index >= 15 is 0 Å². The van der Waals surface area contributed by atoms with E-state index < -0.39 is 5.54 Å². The molecule has 1 aromatic rings. The SMILES string of the molecule is CC(C)(C#N)Nc1ncnc(N)n1. The Morgan fingerprint density at radius 3 is 2.77 bits per heavy atom. The zero-order valence-corrected chi connectivity index (χ0v) is 7.44. The van der Waals surface area contributed by atoms with Gasteiger partial charge in [-0.3, -0.25) is 0 Å². The van der Waals surface area contributed by atoms with Crippen LogP contribution in [0.2, 0.25) is 0 Å². The van der Waals surface area contributed by atoms with Crippen molar-refractivity contribution in [3.8, 4) is 6.07 Å². The van der Waals surface area contributed by atoms with Crippen molar-refractivity contribution >= 4 is 11.9 Å². The molecule has 0 saturated carbocycles. The standard InChI is InChI=1S/C7H10N6/c1-7(2,3-8)13-6-11-4-10-5(9)12-6/h4H,1-2H3,(H3,9,10,11,12,13). The van der Waals surface area contributed by atoms with Crippen LogP contribution in [0.4, 0.5) is 11.9 Å². The quantitative estimate of drug-likeness (QED) is 0.669. The van der Waals surface area contributed by atoms with E-state index in [0.717, 1.165) is 0 Å². The summed E-state index contributed by atoms with van der Waals surface area (Å²) in [4.78, 5) is 11.2. The predicted octanol–water partition coefficient (Wildman–Crippen LogP) is 0.168. The summed E-state index contributed by atoms with van der Waals surface area (Å²) >= 11 is 0. The number of nitrogen functional groups attached to an aromatic ring is 1. The first-order valence-corrected chi connectivity index (χ1v) is 3.67. The minimum atomic E-state index is -0.714. The van der Waals surface area contributed by atoms with Crippen LogP contribution in [0.3, 0.4) is 0 Å². The van der Waals surface area contributed by atoms with E-state index in [1.807, 2.05) is 0 Å². The lowest BCUT2D eigenvalue weighted by atomic mass is 10.1. The maximum absolute atomic E-state index is 8.71. The molecule has 13 heavy (non-hydrogen) atoms. The van der Waals surface area contributed by atoms with Crippen molar-refractivity contribution in [3.05, 3.63) is 6.33 Å². The van der Waals surface area contributed by atoms with Crippen LogP contribution in [0.25, 0.3) is 0 Å². The first-order chi connectivity index (χ1) is 6.03. The Kier molecular flexibility index (Phi) is 2.28. The van der Waals surface area contributed by atoms with Crippen molar-refractivity contribution in [2.75, 3.05) is 11.1 Å². The van der Waals surface area contributed by atoms with E-state index in [-0.39, 0.29) is 5.95 Å². The van der Waals surface area contributed by atoms with Gasteiger partial charge < -0.3 is 11.1 Å². The van der Waals surface area contributed by atoms with Crippen LogP contribution >= 0.6 is 0 Å². The lowest BCUT2D eigenvalue weighted by Crippen LogP contribution is -2.29. The van der Waals surface area contributed by atoms with Gasteiger partial charge in [-0.15, -0.1) is 0 Å². The highest BCUT2D eigenvalue weighted by Crippen LogP contribution is 2.08. The molecule has 0 aliphatic rings. The van der Waals surface area contributed by atoms with Gasteiger partial charge in [-0.2, -0.15) is 10.2 Å². The smallest absolute Gasteiger partial charge is 0.228 e. The molecule has 0 unspecified atom stereocenters. The summed E-state index contributed by atoms with van der Waals surface area (Å²) in [6.45, 7) is 3.43. The van der Waals surface area contributed by atoms with Gasteiger partial charge in [0.1, 0.15) is 11.9 Å². The number of rotatable bonds is 2. The molecular weight excluding hydrogens is 168 g/mol. The fraction of sp³-hybridized carbons (Fsp3) is 0.429. The molecule has 0 radical (unpaired) electrons. The molecule has 0 atom stereocenters. The predicted molar refractivity (Wildman–Crippen MR) is 47.6 cm³/mol. The summed E-state index contributed by atoms with van der Waals surface area (Å²) in [6, 6.07) is 2.06. The molecule has 0 aliphatic heterocycles. The van der Waals surface area contributed by atoms with Crippen LogP contribution in [-0.2, 0) is 0 Å². The molecule has 0 aliphatic carbocycles. The average Bonchev–Trinajstić information content (AvgIpc) is 2.03. The van der Waals surface area contributed by atoms with Crippen LogP contribution in [0.5, 0.6) is 0 Å². The summed E-state index contributed by atoms with van der Waals surface area (Å²) < 4.78 is 0. The van der Waals surface area contributed by atoms with Gasteiger partial charge in [0, 0.05) is 0 Å². The van der Waals surface area contributed by atoms with Gasteiger partial charge in [-0.25, -0.2) is 9.97 Å². The van der Waals surface area contributed by atoms with Crippen molar-refractivity contribution in [2.45, 2.75) is 19.4 Å². The van der Waals surface area contributed by atoms with Gasteiger partial charge in [0.15, 0.2) is 0 Å². The Balaban J connectivity index is 2.82. The zero-order chi connectivity index (χ0) is 9.90. The van der Waals surface area contributed by atoms with Crippen molar-refractivity contribution in [1.29, 1.82) is 5.26 Å². The molecule has 1 rings (SSSR count). The van der Waals surface area contributed by atoms with Crippen LogP contribution in [0.1, 0.15) is 13.8 Å². The Morgan fingerprint density at radius 2 is 2.23 bits per heavy atom. The van der Waals surface area contributed by atoms with Crippen LogP contribution in [0, 0.1) is 11.3 Å². The number of nitriles is 1. The fourth-order valence-electron chi connectivity index (χ4n) is 0.677. The second-order valence-corrected chi connectivity index (χ2v) is 3.03. The molecule has 3 N–H and O–H groups in total. The van der Waals surface area contributed by atoms with Gasteiger partial charge in [0.2, 0.25) is 11.9 Å². The summed E-state index contributed by atoms with van der Waals surface area (Å²) in [5.41, 5.74) is 4.62. The first kappa shape index (κ1) is 9.19. The van der Waals surface area contributed by atoms with E-state index in [2.05, 4.69) is 26.3 Å². The van der Waals surface area contributed by atoms with Crippen molar-refractivity contribution in [3.63, 3.8) is 0 Å². The van der Waals surface area contributed by atoms with Crippen molar-refractivity contribution in [1.82, 2.24) is 15.0 Å². The maximum Gasteiger partial charge on any atom is 0.228 e. The molecule has 68 valence electrons. The van der Waals surface area contributed by atoms with Gasteiger partial charge in [0.25, 0.3) is 0 Å². The van der Waals surface area contributed by atoms with E-state index in [4.69, 9.17) is 11.0 Å². The third-order valence-corrected chi connectivity index (χ3v) is 1.29. The maximum atomic E-state index is 8.71. The number of aromatic nitrogens is 3. The average molecular weight is 178 g/mol. The van der Waals surface area contributed by atoms with Gasteiger partial charge in [-0.05, 0) is 13.8 Å². The van der Waals surface area contributed by atoms with Gasteiger partial charge >= 0.3 is 0 Å². The zero-order valence-electron chi connectivity index (χ0n) is 7.44. The molecule has 0 spiro atoms. The number of nitrogens with one attached hydrogen (secondary N) is 1. The number of hydrogen-bond acceptors (Lipinski definition) is 6. The van der Waals surface area contributed by atoms with E-state index in [1.54, 1.807) is 13.8 Å². The molecule has 0 fully saturated rings. The van der Waals surface area contributed by atoms with E-state index in [0.29, 0.717) is 5.95 Å². The summed E-state index contributed by atoms with van der Waals surface area (Å²) in [5.74, 6) is 0.435. The lowest BCUT2D eigenvalue weighted by Gasteiger charge is -2.16. The third-order valence-electron chi connectivity index (χ3n) is 1.29. The molecule has 0 saturated heterocycles. The fourth-order valence-corrected chi connectivity index (χ4v) is 0.677. The van der Waals surface area contributed by atoms with Crippen LogP contribution in [0.15, 0.2) is 6.33 Å². The second-order valence-electron chi connectivity index (χ2n) is 3.03. The Labute approximate surface area is 75.8 Å². The van der Waals surface area contributed by atoms with Crippen molar-refractivity contribution in [2.24, 2.45) is 0 Å². The Morgan fingerprint density at radius 1 is 1.54 bits per heavy atom. The van der Waals surface area contributed by atoms with Crippen LogP contribution in [-0.4, -0.2) is 20.5 Å². The summed E-state index contributed by atoms with van der Waals surface area (Å²) in [7, 11) is 0.